The van der Waals surface area contributed by atoms with Crippen molar-refractivity contribution in [1.82, 2.24) is 10.6 Å². The van der Waals surface area contributed by atoms with Crippen molar-refractivity contribution in [3.8, 4) is 5.75 Å². The largest absolute Gasteiger partial charge is 0.508 e. The molecule has 0 saturated heterocycles. The van der Waals surface area contributed by atoms with Gasteiger partial charge in [-0.2, -0.15) is 0 Å². The summed E-state index contributed by atoms with van der Waals surface area (Å²) in [7, 11) is 0. The molecule has 0 heterocycles. The molecule has 26 heavy (non-hydrogen) atoms. The third kappa shape index (κ3) is 3.96. The molecule has 2 atom stereocenters. The monoisotopic (exact) mass is 356 g/mol. The fourth-order valence-electron chi connectivity index (χ4n) is 3.15. The summed E-state index contributed by atoms with van der Waals surface area (Å²) < 4.78 is 0. The molecule has 2 aromatic carbocycles. The third-order valence-electron chi connectivity index (χ3n) is 4.93. The number of aliphatic hydroxyl groups is 1. The molecule has 6 heteroatoms. The van der Waals surface area contributed by atoms with Gasteiger partial charge in [-0.25, -0.2) is 0 Å². The van der Waals surface area contributed by atoms with Gasteiger partial charge in [-0.05, 0) is 60.7 Å². The number of carbonyl (C=O) groups excluding carboxylic acids is 2. The Morgan fingerprint density at radius 2 is 2.00 bits per heavy atom. The van der Waals surface area contributed by atoms with Crippen molar-refractivity contribution in [1.29, 1.82) is 0 Å². The summed E-state index contributed by atoms with van der Waals surface area (Å²) in [6, 6.07) is 9.89. The van der Waals surface area contributed by atoms with Gasteiger partial charge in [-0.3, -0.25) is 9.59 Å². The van der Waals surface area contributed by atoms with E-state index in [-0.39, 0.29) is 36.1 Å². The van der Waals surface area contributed by atoms with Crippen LogP contribution in [0, 0.1) is 5.92 Å². The van der Waals surface area contributed by atoms with E-state index >= 15 is 0 Å². The molecular formula is C20H24N2O4. The van der Waals surface area contributed by atoms with E-state index in [1.54, 1.807) is 37.3 Å². The van der Waals surface area contributed by atoms with E-state index in [4.69, 9.17) is 0 Å². The van der Waals surface area contributed by atoms with Crippen molar-refractivity contribution in [3.05, 3.63) is 42.0 Å². The van der Waals surface area contributed by atoms with Crippen molar-refractivity contribution in [2.75, 3.05) is 6.54 Å². The maximum absolute atomic E-state index is 12.6. The highest BCUT2D eigenvalue weighted by atomic mass is 16.3. The molecule has 0 aromatic heterocycles. The number of fused-ring (bicyclic) bond motifs is 1. The van der Waals surface area contributed by atoms with Gasteiger partial charge in [0, 0.05) is 18.2 Å². The number of phenols is 1. The number of carbonyl (C=O) groups is 2. The minimum atomic E-state index is -0.961. The minimum Gasteiger partial charge on any atom is -0.508 e. The fraction of sp³-hybridized carbons (Fsp3) is 0.400. The molecule has 1 saturated carbocycles. The van der Waals surface area contributed by atoms with Gasteiger partial charge in [0.25, 0.3) is 5.91 Å². The van der Waals surface area contributed by atoms with Crippen LogP contribution in [-0.4, -0.2) is 40.7 Å². The number of benzene rings is 2. The Kier molecular flexibility index (Phi) is 5.42. The van der Waals surface area contributed by atoms with Crippen LogP contribution in [0.15, 0.2) is 36.4 Å². The Balaban J connectivity index is 1.58. The van der Waals surface area contributed by atoms with Crippen LogP contribution in [0.5, 0.6) is 5.75 Å². The van der Waals surface area contributed by atoms with E-state index in [1.165, 1.54) is 0 Å². The lowest BCUT2D eigenvalue weighted by atomic mass is 9.81. The summed E-state index contributed by atoms with van der Waals surface area (Å²) in [5.41, 5.74) is 0.509. The van der Waals surface area contributed by atoms with Gasteiger partial charge < -0.3 is 20.8 Å². The molecule has 0 bridgehead atoms. The van der Waals surface area contributed by atoms with Crippen LogP contribution in [0.3, 0.4) is 0 Å². The zero-order chi connectivity index (χ0) is 18.7. The molecular weight excluding hydrogens is 332 g/mol. The average molecular weight is 356 g/mol. The summed E-state index contributed by atoms with van der Waals surface area (Å²) in [5.74, 6) is -0.415. The number of hydrogen-bond acceptors (Lipinski definition) is 4. The number of amides is 2. The Hall–Kier alpha value is -2.60. The zero-order valence-corrected chi connectivity index (χ0v) is 14.7. The van der Waals surface area contributed by atoms with Gasteiger partial charge in [0.05, 0.1) is 0 Å². The molecule has 2 aromatic rings. The minimum absolute atomic E-state index is 0.0620. The van der Waals surface area contributed by atoms with Gasteiger partial charge >= 0.3 is 0 Å². The topological polar surface area (TPSA) is 98.7 Å². The number of hydrogen-bond donors (Lipinski definition) is 4. The molecule has 4 N–H and O–H groups in total. The quantitative estimate of drug-likeness (QED) is 0.636. The summed E-state index contributed by atoms with van der Waals surface area (Å²) >= 11 is 0. The number of aromatic hydroxyl groups is 1. The highest BCUT2D eigenvalue weighted by molar-refractivity contribution is 6.07. The van der Waals surface area contributed by atoms with Gasteiger partial charge in [0.2, 0.25) is 5.91 Å². The molecule has 1 unspecified atom stereocenters. The molecule has 0 spiro atoms. The van der Waals surface area contributed by atoms with E-state index in [0.29, 0.717) is 5.56 Å². The standard InChI is InChI=1S/C20H24N2O4/c1-12(11-21-20(26)18(24)13-4-2-5-13)22-19(25)17-7-3-6-14-10-15(23)8-9-16(14)17/h3,6-10,12-13,18,23-24H,2,4-5,11H2,1H3,(H,21,26)(H,22,25)/t12-,18?/m0/s1. The van der Waals surface area contributed by atoms with E-state index in [1.807, 2.05) is 6.07 Å². The molecule has 1 aliphatic carbocycles. The molecule has 2 amide bonds. The van der Waals surface area contributed by atoms with Crippen LogP contribution < -0.4 is 10.6 Å². The first-order chi connectivity index (χ1) is 12.5. The van der Waals surface area contributed by atoms with E-state index in [9.17, 15) is 19.8 Å². The fourth-order valence-corrected chi connectivity index (χ4v) is 3.15. The van der Waals surface area contributed by atoms with Gasteiger partial charge in [-0.1, -0.05) is 18.6 Å². The molecule has 1 fully saturated rings. The summed E-state index contributed by atoms with van der Waals surface area (Å²) in [5, 5.41) is 26.6. The maximum atomic E-state index is 12.6. The predicted octanol–water partition coefficient (Wildman–Crippen LogP) is 1.94. The first-order valence-corrected chi connectivity index (χ1v) is 8.94. The van der Waals surface area contributed by atoms with Crippen molar-refractivity contribution < 1.29 is 19.8 Å². The molecule has 0 radical (unpaired) electrons. The molecule has 0 aliphatic heterocycles. The van der Waals surface area contributed by atoms with Crippen LogP contribution in [0.4, 0.5) is 0 Å². The lowest BCUT2D eigenvalue weighted by Crippen LogP contribution is -2.47. The highest BCUT2D eigenvalue weighted by Crippen LogP contribution is 2.29. The van der Waals surface area contributed by atoms with Crippen LogP contribution in [-0.2, 0) is 4.79 Å². The van der Waals surface area contributed by atoms with Gasteiger partial charge in [0.1, 0.15) is 11.9 Å². The van der Waals surface area contributed by atoms with Crippen molar-refractivity contribution >= 4 is 22.6 Å². The van der Waals surface area contributed by atoms with Crippen LogP contribution in [0.2, 0.25) is 0 Å². The van der Waals surface area contributed by atoms with Crippen LogP contribution >= 0.6 is 0 Å². The third-order valence-corrected chi connectivity index (χ3v) is 4.93. The normalized spacial score (nSPS) is 16.5. The van der Waals surface area contributed by atoms with E-state index in [0.717, 1.165) is 30.0 Å². The smallest absolute Gasteiger partial charge is 0.252 e. The SMILES string of the molecule is C[C@@H](CNC(=O)C(O)C1CCC1)NC(=O)c1cccc2cc(O)ccc12. The predicted molar refractivity (Wildman–Crippen MR) is 98.9 cm³/mol. The summed E-state index contributed by atoms with van der Waals surface area (Å²) in [4.78, 5) is 24.5. The Labute approximate surface area is 152 Å². The lowest BCUT2D eigenvalue weighted by Gasteiger charge is -2.29. The first kappa shape index (κ1) is 18.2. The number of aliphatic hydroxyl groups excluding tert-OH is 1. The Bertz CT molecular complexity index is 817. The van der Waals surface area contributed by atoms with Gasteiger partial charge in [-0.15, -0.1) is 0 Å². The molecule has 3 rings (SSSR count). The second-order valence-electron chi connectivity index (χ2n) is 6.97. The Morgan fingerprint density at radius 1 is 1.23 bits per heavy atom. The highest BCUT2D eigenvalue weighted by Gasteiger charge is 2.30. The number of rotatable bonds is 6. The van der Waals surface area contributed by atoms with E-state index < -0.39 is 6.10 Å². The van der Waals surface area contributed by atoms with Crippen LogP contribution in [0.25, 0.3) is 10.8 Å². The van der Waals surface area contributed by atoms with Crippen molar-refractivity contribution in [3.63, 3.8) is 0 Å². The Morgan fingerprint density at radius 3 is 2.69 bits per heavy atom. The maximum Gasteiger partial charge on any atom is 0.252 e. The second-order valence-corrected chi connectivity index (χ2v) is 6.97. The summed E-state index contributed by atoms with van der Waals surface area (Å²) in [6.07, 6.45) is 1.87. The zero-order valence-electron chi connectivity index (χ0n) is 14.7. The van der Waals surface area contributed by atoms with Crippen molar-refractivity contribution in [2.24, 2.45) is 5.92 Å². The number of phenolic OH excluding ortho intramolecular Hbond substituents is 1. The van der Waals surface area contributed by atoms with E-state index in [2.05, 4.69) is 10.6 Å². The second kappa shape index (κ2) is 7.74. The van der Waals surface area contributed by atoms with Crippen molar-refractivity contribution in [2.45, 2.75) is 38.3 Å². The van der Waals surface area contributed by atoms with Crippen LogP contribution in [0.1, 0.15) is 36.5 Å². The summed E-state index contributed by atoms with van der Waals surface area (Å²) in [6.45, 7) is 2.05. The average Bonchev–Trinajstić information content (AvgIpc) is 2.57. The molecule has 1 aliphatic rings. The number of nitrogens with one attached hydrogen (secondary N) is 2. The lowest BCUT2D eigenvalue weighted by molar-refractivity contribution is -0.133. The first-order valence-electron chi connectivity index (χ1n) is 8.94. The van der Waals surface area contributed by atoms with Gasteiger partial charge in [0.15, 0.2) is 0 Å². The molecule has 138 valence electrons. The molecule has 6 nitrogen and oxygen atoms in total.